The number of halogens is 1. The Labute approximate surface area is 101 Å². The maximum Gasteiger partial charge on any atom is 0.251 e. The predicted molar refractivity (Wildman–Crippen MR) is 64.8 cm³/mol. The minimum atomic E-state index is -0.196. The van der Waals surface area contributed by atoms with Crippen LogP contribution in [0.3, 0.4) is 0 Å². The van der Waals surface area contributed by atoms with Crippen LogP contribution in [-0.4, -0.2) is 9.97 Å². The summed E-state index contributed by atoms with van der Waals surface area (Å²) in [7, 11) is 0. The van der Waals surface area contributed by atoms with E-state index in [9.17, 15) is 4.79 Å². The first-order valence-electron chi connectivity index (χ1n) is 4.44. The van der Waals surface area contributed by atoms with Crippen molar-refractivity contribution in [2.75, 3.05) is 5.73 Å². The van der Waals surface area contributed by atoms with E-state index in [0.29, 0.717) is 15.9 Å². The lowest BCUT2D eigenvalue weighted by molar-refractivity contribution is 0.937. The number of nitrogen functional groups attached to an aromatic ring is 1. The Hall–Kier alpha value is -1.46. The van der Waals surface area contributed by atoms with Gasteiger partial charge in [-0.05, 0) is 23.9 Å². The standard InChI is InChI=1S/C10H8ClN3OS/c11-6-2-1-3-7(9(6)12)16-10-13-5-4-8(15)14-10/h1-5H,12H2,(H,13,14,15). The highest BCUT2D eigenvalue weighted by Crippen LogP contribution is 2.33. The van der Waals surface area contributed by atoms with Gasteiger partial charge in [-0.25, -0.2) is 4.98 Å². The van der Waals surface area contributed by atoms with Gasteiger partial charge in [-0.2, -0.15) is 0 Å². The SMILES string of the molecule is Nc1c(Cl)cccc1Sc1nccc(=O)[nH]1. The van der Waals surface area contributed by atoms with Gasteiger partial charge in [0.15, 0.2) is 5.16 Å². The summed E-state index contributed by atoms with van der Waals surface area (Å²) in [6.45, 7) is 0. The Balaban J connectivity index is 2.34. The van der Waals surface area contributed by atoms with Crippen LogP contribution in [0.15, 0.2) is 45.3 Å². The van der Waals surface area contributed by atoms with Gasteiger partial charge in [0, 0.05) is 17.2 Å². The van der Waals surface area contributed by atoms with E-state index in [4.69, 9.17) is 17.3 Å². The minimum absolute atomic E-state index is 0.196. The molecule has 2 rings (SSSR count). The number of aromatic amines is 1. The summed E-state index contributed by atoms with van der Waals surface area (Å²) in [6, 6.07) is 6.68. The Bertz CT molecular complexity index is 570. The molecule has 82 valence electrons. The van der Waals surface area contributed by atoms with Crippen molar-refractivity contribution in [3.63, 3.8) is 0 Å². The van der Waals surface area contributed by atoms with Gasteiger partial charge >= 0.3 is 0 Å². The molecule has 0 atom stereocenters. The molecule has 0 amide bonds. The molecule has 0 unspecified atom stereocenters. The van der Waals surface area contributed by atoms with Gasteiger partial charge in [0.1, 0.15) is 0 Å². The summed E-state index contributed by atoms with van der Waals surface area (Å²) in [5, 5.41) is 0.977. The van der Waals surface area contributed by atoms with Crippen LogP contribution in [0.2, 0.25) is 5.02 Å². The van der Waals surface area contributed by atoms with Gasteiger partial charge in [-0.1, -0.05) is 17.7 Å². The topological polar surface area (TPSA) is 71.8 Å². The van der Waals surface area contributed by atoms with Crippen LogP contribution in [0.5, 0.6) is 0 Å². The normalized spacial score (nSPS) is 10.3. The van der Waals surface area contributed by atoms with Crippen LogP contribution < -0.4 is 11.3 Å². The first kappa shape index (κ1) is 11.0. The van der Waals surface area contributed by atoms with Crippen LogP contribution in [-0.2, 0) is 0 Å². The van der Waals surface area contributed by atoms with Crippen molar-refractivity contribution in [1.29, 1.82) is 0 Å². The molecule has 0 saturated carbocycles. The van der Waals surface area contributed by atoms with Crippen molar-refractivity contribution in [1.82, 2.24) is 9.97 Å². The van der Waals surface area contributed by atoms with E-state index in [0.717, 1.165) is 4.90 Å². The third-order valence-electron chi connectivity index (χ3n) is 1.87. The number of anilines is 1. The van der Waals surface area contributed by atoms with Gasteiger partial charge in [0.2, 0.25) is 0 Å². The number of para-hydroxylation sites is 1. The van der Waals surface area contributed by atoms with Crippen LogP contribution in [0, 0.1) is 0 Å². The highest BCUT2D eigenvalue weighted by molar-refractivity contribution is 7.99. The molecule has 0 spiro atoms. The number of aromatic nitrogens is 2. The Morgan fingerprint density at radius 1 is 1.38 bits per heavy atom. The zero-order valence-corrected chi connectivity index (χ0v) is 9.68. The molecule has 16 heavy (non-hydrogen) atoms. The second-order valence-electron chi connectivity index (χ2n) is 2.99. The molecular weight excluding hydrogens is 246 g/mol. The van der Waals surface area contributed by atoms with Crippen LogP contribution in [0.4, 0.5) is 5.69 Å². The number of nitrogens with two attached hydrogens (primary N) is 1. The Kier molecular flexibility index (Phi) is 3.17. The highest BCUT2D eigenvalue weighted by atomic mass is 35.5. The summed E-state index contributed by atoms with van der Waals surface area (Å²) in [5.74, 6) is 0. The lowest BCUT2D eigenvalue weighted by atomic mass is 10.3. The molecule has 0 radical (unpaired) electrons. The summed E-state index contributed by atoms with van der Waals surface area (Å²) in [5.41, 5.74) is 6.09. The van der Waals surface area contributed by atoms with E-state index in [1.807, 2.05) is 6.07 Å². The van der Waals surface area contributed by atoms with E-state index in [1.54, 1.807) is 12.1 Å². The molecule has 0 aliphatic carbocycles. The number of hydrogen-bond acceptors (Lipinski definition) is 4. The fourth-order valence-corrected chi connectivity index (χ4v) is 2.18. The maximum atomic E-state index is 11.1. The van der Waals surface area contributed by atoms with E-state index in [1.165, 1.54) is 24.0 Å². The molecular formula is C10H8ClN3OS. The second kappa shape index (κ2) is 4.59. The van der Waals surface area contributed by atoms with Crippen molar-refractivity contribution >= 4 is 29.1 Å². The average molecular weight is 254 g/mol. The van der Waals surface area contributed by atoms with E-state index in [-0.39, 0.29) is 5.56 Å². The molecule has 0 bridgehead atoms. The number of nitrogens with zero attached hydrogens (tertiary/aromatic N) is 1. The number of hydrogen-bond donors (Lipinski definition) is 2. The zero-order chi connectivity index (χ0) is 11.5. The third kappa shape index (κ3) is 2.37. The maximum absolute atomic E-state index is 11.1. The van der Waals surface area contributed by atoms with E-state index >= 15 is 0 Å². The fraction of sp³-hybridized carbons (Fsp3) is 0. The van der Waals surface area contributed by atoms with Crippen LogP contribution >= 0.6 is 23.4 Å². The Morgan fingerprint density at radius 3 is 2.94 bits per heavy atom. The quantitative estimate of drug-likeness (QED) is 0.636. The van der Waals surface area contributed by atoms with Gasteiger partial charge in [0.05, 0.1) is 10.7 Å². The first-order valence-corrected chi connectivity index (χ1v) is 5.63. The molecule has 1 heterocycles. The first-order chi connectivity index (χ1) is 7.66. The number of benzene rings is 1. The van der Waals surface area contributed by atoms with Crippen molar-refractivity contribution in [2.24, 2.45) is 0 Å². The van der Waals surface area contributed by atoms with Crippen molar-refractivity contribution in [3.8, 4) is 0 Å². The zero-order valence-electron chi connectivity index (χ0n) is 8.11. The minimum Gasteiger partial charge on any atom is -0.397 e. The molecule has 0 saturated heterocycles. The van der Waals surface area contributed by atoms with Crippen LogP contribution in [0.1, 0.15) is 0 Å². The lowest BCUT2D eigenvalue weighted by Gasteiger charge is -2.05. The van der Waals surface area contributed by atoms with Crippen LogP contribution in [0.25, 0.3) is 0 Å². The Morgan fingerprint density at radius 2 is 2.19 bits per heavy atom. The summed E-state index contributed by atoms with van der Waals surface area (Å²) in [6.07, 6.45) is 1.45. The van der Waals surface area contributed by atoms with Crippen molar-refractivity contribution < 1.29 is 0 Å². The number of H-pyrrole nitrogens is 1. The number of nitrogens with one attached hydrogen (secondary N) is 1. The molecule has 1 aromatic heterocycles. The smallest absolute Gasteiger partial charge is 0.251 e. The van der Waals surface area contributed by atoms with E-state index < -0.39 is 0 Å². The molecule has 1 aromatic carbocycles. The van der Waals surface area contributed by atoms with Gasteiger partial charge in [-0.15, -0.1) is 0 Å². The fourth-order valence-electron chi connectivity index (χ4n) is 1.11. The summed E-state index contributed by atoms with van der Waals surface area (Å²) in [4.78, 5) is 18.4. The lowest BCUT2D eigenvalue weighted by Crippen LogP contribution is -2.05. The average Bonchev–Trinajstić information content (AvgIpc) is 2.25. The van der Waals surface area contributed by atoms with Crippen molar-refractivity contribution in [2.45, 2.75) is 10.1 Å². The summed E-state index contributed by atoms with van der Waals surface area (Å²) < 4.78 is 0. The summed E-state index contributed by atoms with van der Waals surface area (Å²) >= 11 is 7.15. The predicted octanol–water partition coefficient (Wildman–Crippen LogP) is 2.16. The highest BCUT2D eigenvalue weighted by Gasteiger charge is 2.06. The number of rotatable bonds is 2. The molecule has 0 fully saturated rings. The third-order valence-corrected chi connectivity index (χ3v) is 3.17. The molecule has 3 N–H and O–H groups in total. The van der Waals surface area contributed by atoms with E-state index in [2.05, 4.69) is 9.97 Å². The molecule has 6 heteroatoms. The van der Waals surface area contributed by atoms with Crippen molar-refractivity contribution in [3.05, 3.63) is 45.8 Å². The van der Waals surface area contributed by atoms with Gasteiger partial charge < -0.3 is 10.7 Å². The second-order valence-corrected chi connectivity index (χ2v) is 4.43. The monoisotopic (exact) mass is 253 g/mol. The van der Waals surface area contributed by atoms with Gasteiger partial charge in [-0.3, -0.25) is 4.79 Å². The molecule has 0 aliphatic heterocycles. The molecule has 2 aromatic rings. The van der Waals surface area contributed by atoms with Gasteiger partial charge in [0.25, 0.3) is 5.56 Å². The molecule has 4 nitrogen and oxygen atoms in total. The molecule has 0 aliphatic rings. The largest absolute Gasteiger partial charge is 0.397 e.